The molecule has 0 saturated carbocycles. The zero-order valence-electron chi connectivity index (χ0n) is 22.6. The number of aliphatic hydroxyl groups excluding tert-OH is 1. The van der Waals surface area contributed by atoms with Crippen LogP contribution in [-0.2, 0) is 11.3 Å². The minimum Gasteiger partial charge on any atom is -0.493 e. The summed E-state index contributed by atoms with van der Waals surface area (Å²) < 4.78 is 18.6. The summed E-state index contributed by atoms with van der Waals surface area (Å²) in [6.45, 7) is 5.63. The largest absolute Gasteiger partial charge is 0.493 e. The van der Waals surface area contributed by atoms with Crippen LogP contribution in [0.25, 0.3) is 10.9 Å². The lowest BCUT2D eigenvalue weighted by molar-refractivity contribution is -0.536. The Balaban J connectivity index is 1.57. The summed E-state index contributed by atoms with van der Waals surface area (Å²) in [5.41, 5.74) is 1.63. The van der Waals surface area contributed by atoms with E-state index in [1.807, 2.05) is 30.3 Å². The molecule has 0 aliphatic carbocycles. The number of carbonyl (C=O) groups is 1. The Labute approximate surface area is 235 Å². The summed E-state index contributed by atoms with van der Waals surface area (Å²) in [7, 11) is 1.50. The molecule has 208 valence electrons. The van der Waals surface area contributed by atoms with Crippen LogP contribution < -0.4 is 9.47 Å². The number of nitrogens with zero attached hydrogens (tertiary/aromatic N) is 2. The van der Waals surface area contributed by atoms with Crippen molar-refractivity contribution in [2.75, 3.05) is 7.11 Å². The van der Waals surface area contributed by atoms with Gasteiger partial charge in [-0.3, -0.25) is 10.1 Å². The maximum atomic E-state index is 13.4. The van der Waals surface area contributed by atoms with Crippen molar-refractivity contribution in [3.8, 4) is 11.5 Å². The molecule has 9 nitrogen and oxygen atoms in total. The second kappa shape index (κ2) is 10.9. The number of thioether (sulfide) groups is 1. The Morgan fingerprint density at radius 2 is 1.75 bits per heavy atom. The molecule has 0 fully saturated rings. The number of hydrogen-bond donors (Lipinski definition) is 1. The van der Waals surface area contributed by atoms with Crippen molar-refractivity contribution in [3.05, 3.63) is 99.6 Å². The summed E-state index contributed by atoms with van der Waals surface area (Å²) in [5.74, 6) is 0.891. The number of aliphatic hydroxyl groups is 1. The van der Waals surface area contributed by atoms with E-state index in [0.717, 1.165) is 17.3 Å². The van der Waals surface area contributed by atoms with Gasteiger partial charge in [-0.15, -0.1) is 0 Å². The fourth-order valence-corrected chi connectivity index (χ4v) is 6.41. The zero-order chi connectivity index (χ0) is 28.6. The van der Waals surface area contributed by atoms with E-state index in [1.54, 1.807) is 63.2 Å². The van der Waals surface area contributed by atoms with Gasteiger partial charge in [0, 0.05) is 15.9 Å². The SMILES string of the molecule is COc1cc([C@H]2Sc3c(c4ccccc4n3C(=O)OC(C)(C)C)[C@H](O)[C@@H]2[N+](=O)[O-])ccc1OCc1ccccc1. The summed E-state index contributed by atoms with van der Waals surface area (Å²) >= 11 is 1.16. The molecule has 0 saturated heterocycles. The number of methoxy groups -OCH3 is 1. The third kappa shape index (κ3) is 5.24. The highest BCUT2D eigenvalue weighted by molar-refractivity contribution is 7.99. The van der Waals surface area contributed by atoms with Crippen LogP contribution in [0.2, 0.25) is 0 Å². The van der Waals surface area contributed by atoms with E-state index in [9.17, 15) is 20.0 Å². The first kappa shape index (κ1) is 27.5. The second-order valence-corrected chi connectivity index (χ2v) is 11.6. The van der Waals surface area contributed by atoms with Gasteiger partial charge in [0.2, 0.25) is 0 Å². The quantitative estimate of drug-likeness (QED) is 0.208. The molecule has 10 heteroatoms. The van der Waals surface area contributed by atoms with Gasteiger partial charge < -0.3 is 19.3 Å². The third-order valence-corrected chi connectivity index (χ3v) is 8.04. The summed E-state index contributed by atoms with van der Waals surface area (Å²) in [5, 5.41) is 24.0. The molecule has 40 heavy (non-hydrogen) atoms. The summed E-state index contributed by atoms with van der Waals surface area (Å²) in [6.07, 6.45) is -2.09. The molecule has 0 bridgehead atoms. The lowest BCUT2D eigenvalue weighted by Gasteiger charge is -2.31. The molecule has 2 heterocycles. The Morgan fingerprint density at radius 3 is 2.42 bits per heavy atom. The van der Waals surface area contributed by atoms with Gasteiger partial charge in [-0.05, 0) is 50.1 Å². The van der Waals surface area contributed by atoms with E-state index >= 15 is 0 Å². The van der Waals surface area contributed by atoms with Crippen LogP contribution in [-0.4, -0.2) is 39.4 Å². The monoisotopic (exact) mass is 562 g/mol. The van der Waals surface area contributed by atoms with Crippen LogP contribution in [0.4, 0.5) is 4.79 Å². The van der Waals surface area contributed by atoms with E-state index in [0.29, 0.717) is 45.2 Å². The number of carbonyl (C=O) groups excluding carboxylic acids is 1. The van der Waals surface area contributed by atoms with Crippen LogP contribution in [0, 0.1) is 10.1 Å². The van der Waals surface area contributed by atoms with Gasteiger partial charge in [0.05, 0.1) is 17.7 Å². The van der Waals surface area contributed by atoms with Crippen molar-refractivity contribution in [2.45, 2.75) is 55.4 Å². The summed E-state index contributed by atoms with van der Waals surface area (Å²) in [6, 6.07) is 20.4. The van der Waals surface area contributed by atoms with E-state index in [-0.39, 0.29) is 0 Å². The smallest absolute Gasteiger partial charge is 0.419 e. The van der Waals surface area contributed by atoms with E-state index in [1.165, 1.54) is 11.7 Å². The van der Waals surface area contributed by atoms with Gasteiger partial charge in [-0.25, -0.2) is 9.36 Å². The Kier molecular flexibility index (Phi) is 7.48. The van der Waals surface area contributed by atoms with Gasteiger partial charge >= 0.3 is 6.09 Å². The zero-order valence-corrected chi connectivity index (χ0v) is 23.4. The summed E-state index contributed by atoms with van der Waals surface area (Å²) in [4.78, 5) is 25.3. The number of aromatic nitrogens is 1. The van der Waals surface area contributed by atoms with Crippen LogP contribution in [0.1, 0.15) is 48.8 Å². The molecule has 1 aliphatic heterocycles. The van der Waals surface area contributed by atoms with Gasteiger partial charge in [-0.1, -0.05) is 66.4 Å². The molecular weight excluding hydrogens is 532 g/mol. The Bertz CT molecular complexity index is 1560. The molecule has 3 atom stereocenters. The van der Waals surface area contributed by atoms with E-state index in [2.05, 4.69) is 0 Å². The maximum Gasteiger partial charge on any atom is 0.419 e. The van der Waals surface area contributed by atoms with Gasteiger partial charge in [0.15, 0.2) is 17.6 Å². The lowest BCUT2D eigenvalue weighted by atomic mass is 9.95. The first-order valence-electron chi connectivity index (χ1n) is 12.8. The fraction of sp³-hybridized carbons (Fsp3) is 0.300. The minimum absolute atomic E-state index is 0.324. The van der Waals surface area contributed by atoms with Crippen LogP contribution in [0.5, 0.6) is 11.5 Å². The maximum absolute atomic E-state index is 13.4. The first-order valence-corrected chi connectivity index (χ1v) is 13.7. The topological polar surface area (TPSA) is 113 Å². The molecule has 5 rings (SSSR count). The predicted octanol–water partition coefficient (Wildman–Crippen LogP) is 6.54. The van der Waals surface area contributed by atoms with Crippen molar-refractivity contribution in [1.82, 2.24) is 4.57 Å². The lowest BCUT2D eigenvalue weighted by Crippen LogP contribution is -2.36. The Morgan fingerprint density at radius 1 is 1.05 bits per heavy atom. The van der Waals surface area contributed by atoms with Crippen molar-refractivity contribution in [1.29, 1.82) is 0 Å². The highest BCUT2D eigenvalue weighted by atomic mass is 32.2. The van der Waals surface area contributed by atoms with E-state index in [4.69, 9.17) is 14.2 Å². The molecule has 1 aliphatic rings. The van der Waals surface area contributed by atoms with Crippen molar-refractivity contribution in [3.63, 3.8) is 0 Å². The number of rotatable bonds is 6. The van der Waals surface area contributed by atoms with Gasteiger partial charge in [-0.2, -0.15) is 0 Å². The number of benzene rings is 3. The molecule has 0 radical (unpaired) electrons. The molecule has 0 amide bonds. The molecule has 3 aromatic carbocycles. The number of ether oxygens (including phenoxy) is 3. The predicted molar refractivity (Wildman–Crippen MR) is 152 cm³/mol. The Hall–Kier alpha value is -4.02. The van der Waals surface area contributed by atoms with Crippen LogP contribution in [0.15, 0.2) is 77.8 Å². The minimum atomic E-state index is -1.47. The third-order valence-electron chi connectivity index (χ3n) is 6.61. The van der Waals surface area contributed by atoms with Gasteiger partial charge in [0.1, 0.15) is 17.5 Å². The van der Waals surface area contributed by atoms with Crippen molar-refractivity contribution >= 4 is 28.8 Å². The highest BCUT2D eigenvalue weighted by Gasteiger charge is 2.49. The second-order valence-electron chi connectivity index (χ2n) is 10.5. The van der Waals surface area contributed by atoms with Crippen LogP contribution >= 0.6 is 11.8 Å². The molecule has 0 unspecified atom stereocenters. The number of nitro groups is 1. The van der Waals surface area contributed by atoms with Crippen molar-refractivity contribution in [2.24, 2.45) is 0 Å². The molecular formula is C30H30N2O7S. The molecule has 1 aromatic heterocycles. The average molecular weight is 563 g/mol. The molecule has 1 N–H and O–H groups in total. The van der Waals surface area contributed by atoms with E-state index < -0.39 is 34.0 Å². The fourth-order valence-electron chi connectivity index (χ4n) is 4.87. The number of hydrogen-bond acceptors (Lipinski definition) is 8. The standard InChI is InChI=1S/C30H30N2O7S/c1-30(2,3)39-29(34)31-21-13-9-8-12-20(21)24-26(33)25(32(35)36)27(40-28(24)31)19-14-15-22(23(16-19)37-4)38-17-18-10-6-5-7-11-18/h5-16,25-27,33H,17H2,1-4H3/t25-,26-,27+/m0/s1. The number of para-hydroxylation sites is 1. The highest BCUT2D eigenvalue weighted by Crippen LogP contribution is 2.54. The average Bonchev–Trinajstić information content (AvgIpc) is 3.26. The number of fused-ring (bicyclic) bond motifs is 3. The van der Waals surface area contributed by atoms with Crippen LogP contribution in [0.3, 0.4) is 0 Å². The van der Waals surface area contributed by atoms with Crippen molar-refractivity contribution < 1.29 is 29.0 Å². The first-order chi connectivity index (χ1) is 19.1. The normalized spacial score (nSPS) is 18.7. The van der Waals surface area contributed by atoms with Gasteiger partial charge in [0.25, 0.3) is 6.04 Å². The molecule has 4 aromatic rings. The molecule has 0 spiro atoms.